The number of rotatable bonds is 7. The van der Waals surface area contributed by atoms with Crippen LogP contribution in [0.1, 0.15) is 38.1 Å². The molecule has 1 aromatic rings. The highest BCUT2D eigenvalue weighted by molar-refractivity contribution is 6.31. The molecule has 18 heavy (non-hydrogen) atoms. The van der Waals surface area contributed by atoms with Crippen LogP contribution < -0.4 is 5.32 Å². The molecule has 5 heteroatoms. The molecule has 0 aliphatic rings. The van der Waals surface area contributed by atoms with E-state index in [1.54, 1.807) is 4.68 Å². The second-order valence-electron chi connectivity index (χ2n) is 5.14. The summed E-state index contributed by atoms with van der Waals surface area (Å²) in [6.45, 7) is 7.66. The fourth-order valence-electron chi connectivity index (χ4n) is 1.98. The summed E-state index contributed by atoms with van der Waals surface area (Å²) in [6, 6.07) is 0. The highest BCUT2D eigenvalue weighted by Crippen LogP contribution is 2.25. The quantitative estimate of drug-likeness (QED) is 0.748. The molecular formula is C13H24ClN3O. The predicted molar refractivity (Wildman–Crippen MR) is 75.1 cm³/mol. The highest BCUT2D eigenvalue weighted by atomic mass is 35.5. The number of hydrogen-bond donors (Lipinski definition) is 2. The van der Waals surface area contributed by atoms with E-state index in [4.69, 9.17) is 11.6 Å². The van der Waals surface area contributed by atoms with Crippen molar-refractivity contribution in [3.63, 3.8) is 0 Å². The van der Waals surface area contributed by atoms with Crippen molar-refractivity contribution < 1.29 is 5.11 Å². The van der Waals surface area contributed by atoms with Crippen molar-refractivity contribution in [2.75, 3.05) is 13.1 Å². The fourth-order valence-corrected chi connectivity index (χ4v) is 2.21. The minimum atomic E-state index is -0.759. The summed E-state index contributed by atoms with van der Waals surface area (Å²) in [5.41, 5.74) is 0.952. The molecule has 1 rings (SSSR count). The third kappa shape index (κ3) is 4.26. The van der Waals surface area contributed by atoms with E-state index >= 15 is 0 Å². The molecule has 0 aliphatic carbocycles. The Balaban J connectivity index is 2.58. The zero-order valence-electron chi connectivity index (χ0n) is 11.8. The van der Waals surface area contributed by atoms with Gasteiger partial charge in [-0.3, -0.25) is 4.68 Å². The van der Waals surface area contributed by atoms with Crippen LogP contribution in [0.4, 0.5) is 0 Å². The third-order valence-electron chi connectivity index (χ3n) is 3.08. The molecule has 1 atom stereocenters. The van der Waals surface area contributed by atoms with Gasteiger partial charge in [-0.1, -0.05) is 18.5 Å². The lowest BCUT2D eigenvalue weighted by molar-refractivity contribution is 0.0497. The summed E-state index contributed by atoms with van der Waals surface area (Å²) < 4.78 is 1.76. The van der Waals surface area contributed by atoms with Gasteiger partial charge in [0.15, 0.2) is 0 Å². The summed E-state index contributed by atoms with van der Waals surface area (Å²) in [7, 11) is 1.86. The normalized spacial score (nSPS) is 14.8. The largest absolute Gasteiger partial charge is 0.390 e. The lowest BCUT2D eigenvalue weighted by Crippen LogP contribution is -2.33. The maximum Gasteiger partial charge on any atom is 0.0848 e. The van der Waals surface area contributed by atoms with Crippen molar-refractivity contribution in [1.29, 1.82) is 0 Å². The first kappa shape index (κ1) is 15.5. The predicted octanol–water partition coefficient (Wildman–Crippen LogP) is 2.07. The second-order valence-corrected chi connectivity index (χ2v) is 5.52. The Morgan fingerprint density at radius 1 is 1.44 bits per heavy atom. The van der Waals surface area contributed by atoms with Gasteiger partial charge in [0, 0.05) is 13.5 Å². The summed E-state index contributed by atoms with van der Waals surface area (Å²) >= 11 is 6.19. The smallest absolute Gasteiger partial charge is 0.0848 e. The van der Waals surface area contributed by atoms with E-state index in [1.807, 2.05) is 20.9 Å². The summed E-state index contributed by atoms with van der Waals surface area (Å²) in [4.78, 5) is 0. The monoisotopic (exact) mass is 273 g/mol. The van der Waals surface area contributed by atoms with Crippen molar-refractivity contribution in [2.24, 2.45) is 7.05 Å². The molecule has 0 saturated carbocycles. The van der Waals surface area contributed by atoms with Gasteiger partial charge in [-0.25, -0.2) is 0 Å². The van der Waals surface area contributed by atoms with E-state index in [0.29, 0.717) is 17.9 Å². The van der Waals surface area contributed by atoms with Crippen LogP contribution in [-0.2, 0) is 13.5 Å². The Morgan fingerprint density at radius 2 is 2.11 bits per heavy atom. The summed E-state index contributed by atoms with van der Waals surface area (Å²) in [5, 5.41) is 18.6. The Kier molecular flexibility index (Phi) is 5.63. The molecule has 104 valence electrons. The SMILES string of the molecule is CCCNCCC(C)(O)Cc1c(Cl)c(C)nn1C. The van der Waals surface area contributed by atoms with Crippen LogP contribution in [0.15, 0.2) is 0 Å². The van der Waals surface area contributed by atoms with E-state index in [9.17, 15) is 5.11 Å². The van der Waals surface area contributed by atoms with Crippen molar-refractivity contribution in [3.05, 3.63) is 16.4 Å². The number of nitrogens with one attached hydrogen (secondary N) is 1. The molecular weight excluding hydrogens is 250 g/mol. The van der Waals surface area contributed by atoms with Gasteiger partial charge in [0.2, 0.25) is 0 Å². The first-order valence-corrected chi connectivity index (χ1v) is 6.86. The maximum atomic E-state index is 10.4. The zero-order valence-corrected chi connectivity index (χ0v) is 12.5. The molecule has 2 N–H and O–H groups in total. The third-order valence-corrected chi connectivity index (χ3v) is 3.57. The van der Waals surface area contributed by atoms with E-state index < -0.39 is 5.60 Å². The van der Waals surface area contributed by atoms with E-state index in [-0.39, 0.29) is 0 Å². The molecule has 1 unspecified atom stereocenters. The van der Waals surface area contributed by atoms with E-state index in [0.717, 1.165) is 30.9 Å². The van der Waals surface area contributed by atoms with Gasteiger partial charge in [0.05, 0.1) is 22.0 Å². The number of aryl methyl sites for hydroxylation is 2. The molecule has 4 nitrogen and oxygen atoms in total. The summed E-state index contributed by atoms with van der Waals surface area (Å²) in [5.74, 6) is 0. The van der Waals surface area contributed by atoms with Gasteiger partial charge in [0.1, 0.15) is 0 Å². The Morgan fingerprint density at radius 3 is 2.61 bits per heavy atom. The van der Waals surface area contributed by atoms with Crippen LogP contribution in [-0.4, -0.2) is 33.6 Å². The van der Waals surface area contributed by atoms with Gasteiger partial charge in [-0.05, 0) is 39.8 Å². The first-order valence-electron chi connectivity index (χ1n) is 6.48. The van der Waals surface area contributed by atoms with Crippen LogP contribution in [0.2, 0.25) is 5.02 Å². The van der Waals surface area contributed by atoms with Crippen LogP contribution >= 0.6 is 11.6 Å². The molecule has 0 saturated heterocycles. The van der Waals surface area contributed by atoms with Crippen molar-refractivity contribution in [3.8, 4) is 0 Å². The van der Waals surface area contributed by atoms with Gasteiger partial charge < -0.3 is 10.4 Å². The Labute approximate surface area is 114 Å². The molecule has 0 aliphatic heterocycles. The minimum Gasteiger partial charge on any atom is -0.390 e. The van der Waals surface area contributed by atoms with Crippen molar-refractivity contribution in [1.82, 2.24) is 15.1 Å². The zero-order chi connectivity index (χ0) is 13.8. The van der Waals surface area contributed by atoms with Gasteiger partial charge in [-0.15, -0.1) is 0 Å². The van der Waals surface area contributed by atoms with E-state index in [1.165, 1.54) is 0 Å². The standard InChI is InChI=1S/C13H24ClN3O/c1-5-7-15-8-6-13(3,18)9-11-12(14)10(2)16-17(11)4/h15,18H,5-9H2,1-4H3. The first-order chi connectivity index (χ1) is 8.37. The number of aliphatic hydroxyl groups is 1. The van der Waals surface area contributed by atoms with Crippen molar-refractivity contribution >= 4 is 11.6 Å². The van der Waals surface area contributed by atoms with Crippen LogP contribution in [0, 0.1) is 6.92 Å². The molecule has 1 aromatic heterocycles. The van der Waals surface area contributed by atoms with Gasteiger partial charge in [0.25, 0.3) is 0 Å². The molecule has 0 amide bonds. The molecule has 0 aromatic carbocycles. The molecule has 0 radical (unpaired) electrons. The topological polar surface area (TPSA) is 50.1 Å². The Hall–Kier alpha value is -0.580. The van der Waals surface area contributed by atoms with Gasteiger partial charge in [-0.2, -0.15) is 5.10 Å². The Bertz CT molecular complexity index is 388. The van der Waals surface area contributed by atoms with Crippen LogP contribution in [0.3, 0.4) is 0 Å². The average molecular weight is 274 g/mol. The molecule has 1 heterocycles. The lowest BCUT2D eigenvalue weighted by atomic mass is 9.96. The number of halogens is 1. The van der Waals surface area contributed by atoms with Crippen LogP contribution in [0.25, 0.3) is 0 Å². The fraction of sp³-hybridized carbons (Fsp3) is 0.769. The van der Waals surface area contributed by atoms with Crippen molar-refractivity contribution in [2.45, 2.75) is 45.6 Å². The number of aromatic nitrogens is 2. The molecule has 0 fully saturated rings. The van der Waals surface area contributed by atoms with Gasteiger partial charge >= 0.3 is 0 Å². The lowest BCUT2D eigenvalue weighted by Gasteiger charge is -2.23. The maximum absolute atomic E-state index is 10.4. The number of nitrogens with zero attached hydrogens (tertiary/aromatic N) is 2. The highest BCUT2D eigenvalue weighted by Gasteiger charge is 2.24. The average Bonchev–Trinajstić information content (AvgIpc) is 2.51. The second kappa shape index (κ2) is 6.55. The molecule has 0 spiro atoms. The summed E-state index contributed by atoms with van der Waals surface area (Å²) in [6.07, 6.45) is 2.33. The van der Waals surface area contributed by atoms with Crippen LogP contribution in [0.5, 0.6) is 0 Å². The minimum absolute atomic E-state index is 0.525. The number of hydrogen-bond acceptors (Lipinski definition) is 3. The molecule has 0 bridgehead atoms. The van der Waals surface area contributed by atoms with E-state index in [2.05, 4.69) is 17.3 Å².